The van der Waals surface area contributed by atoms with Gasteiger partial charge in [-0.3, -0.25) is 10.1 Å². The van der Waals surface area contributed by atoms with Crippen molar-refractivity contribution in [3.8, 4) is 0 Å². The van der Waals surface area contributed by atoms with Crippen LogP contribution in [0.3, 0.4) is 0 Å². The van der Waals surface area contributed by atoms with Gasteiger partial charge in [0.25, 0.3) is 0 Å². The second-order valence-electron chi connectivity index (χ2n) is 4.77. The fourth-order valence-electron chi connectivity index (χ4n) is 2.30. The van der Waals surface area contributed by atoms with Crippen LogP contribution < -0.4 is 10.6 Å². The van der Waals surface area contributed by atoms with E-state index in [4.69, 9.17) is 0 Å². The summed E-state index contributed by atoms with van der Waals surface area (Å²) in [7, 11) is 0. The molecule has 1 aliphatic heterocycles. The normalized spacial score (nSPS) is 17.6. The molecule has 0 saturated heterocycles. The smallest absolute Gasteiger partial charge is 0.237 e. The van der Waals surface area contributed by atoms with Crippen LogP contribution in [0, 0.1) is 5.82 Å². The summed E-state index contributed by atoms with van der Waals surface area (Å²) in [5.74, 6) is -0.444. The number of aromatic amines is 1. The predicted octanol–water partition coefficient (Wildman–Crippen LogP) is 0.879. The number of hydrogen-bond acceptors (Lipinski definition) is 3. The number of aromatic nitrogens is 2. The van der Waals surface area contributed by atoms with Gasteiger partial charge >= 0.3 is 0 Å². The Bertz CT molecular complexity index is 625. The molecule has 0 aliphatic carbocycles. The molecule has 20 heavy (non-hydrogen) atoms. The average molecular weight is 274 g/mol. The van der Waals surface area contributed by atoms with Crippen molar-refractivity contribution < 1.29 is 9.18 Å². The third kappa shape index (κ3) is 2.55. The molecule has 1 atom stereocenters. The minimum Gasteiger partial charge on any atom is -0.351 e. The number of benzene rings is 1. The molecule has 1 amide bonds. The van der Waals surface area contributed by atoms with E-state index in [0.29, 0.717) is 18.5 Å². The summed E-state index contributed by atoms with van der Waals surface area (Å²) >= 11 is 0. The van der Waals surface area contributed by atoms with Gasteiger partial charge in [0.2, 0.25) is 5.91 Å². The van der Waals surface area contributed by atoms with Gasteiger partial charge in [-0.2, -0.15) is 0 Å². The van der Waals surface area contributed by atoms with E-state index in [1.54, 1.807) is 24.5 Å². The van der Waals surface area contributed by atoms with E-state index in [9.17, 15) is 9.18 Å². The molecule has 0 radical (unpaired) electrons. The number of amides is 1. The van der Waals surface area contributed by atoms with Gasteiger partial charge in [-0.1, -0.05) is 18.2 Å². The van der Waals surface area contributed by atoms with Crippen molar-refractivity contribution in [1.29, 1.82) is 0 Å². The second-order valence-corrected chi connectivity index (χ2v) is 4.77. The van der Waals surface area contributed by atoms with E-state index in [0.717, 1.165) is 11.4 Å². The zero-order chi connectivity index (χ0) is 13.9. The number of fused-ring (bicyclic) bond motifs is 1. The summed E-state index contributed by atoms with van der Waals surface area (Å²) in [4.78, 5) is 19.3. The molecule has 0 bridgehead atoms. The molecule has 5 nitrogen and oxygen atoms in total. The average Bonchev–Trinajstić information content (AvgIpc) is 2.93. The standard InChI is InChI=1S/C14H15FN4O/c15-10-4-2-1-3-9(10)6-17-14(20)12-5-11-13(7-16-12)19-8-18-11/h1-4,8,12,16H,5-7H2,(H,17,20)(H,18,19). The molecule has 1 aromatic heterocycles. The van der Waals surface area contributed by atoms with Crippen molar-refractivity contribution in [2.24, 2.45) is 0 Å². The van der Waals surface area contributed by atoms with Crippen molar-refractivity contribution in [3.05, 3.63) is 53.4 Å². The van der Waals surface area contributed by atoms with Gasteiger partial charge in [0, 0.05) is 25.1 Å². The molecule has 104 valence electrons. The number of halogens is 1. The first-order chi connectivity index (χ1) is 9.74. The molecule has 2 heterocycles. The molecule has 6 heteroatoms. The number of carbonyl (C=O) groups excluding carboxylic acids is 1. The van der Waals surface area contributed by atoms with Crippen molar-refractivity contribution >= 4 is 5.91 Å². The van der Waals surface area contributed by atoms with Crippen LogP contribution in [0.25, 0.3) is 0 Å². The van der Waals surface area contributed by atoms with Crippen LogP contribution in [0.15, 0.2) is 30.6 Å². The van der Waals surface area contributed by atoms with Gasteiger partial charge in [-0.05, 0) is 6.07 Å². The van der Waals surface area contributed by atoms with Crippen molar-refractivity contribution in [1.82, 2.24) is 20.6 Å². The molecule has 1 unspecified atom stereocenters. The summed E-state index contributed by atoms with van der Waals surface area (Å²) in [5.41, 5.74) is 2.41. The quantitative estimate of drug-likeness (QED) is 0.778. The fraction of sp³-hybridized carbons (Fsp3) is 0.286. The van der Waals surface area contributed by atoms with Gasteiger partial charge in [0.15, 0.2) is 0 Å². The van der Waals surface area contributed by atoms with Crippen molar-refractivity contribution in [3.63, 3.8) is 0 Å². The topological polar surface area (TPSA) is 69.8 Å². The Morgan fingerprint density at radius 3 is 3.15 bits per heavy atom. The lowest BCUT2D eigenvalue weighted by atomic mass is 10.0. The maximum atomic E-state index is 13.5. The maximum Gasteiger partial charge on any atom is 0.237 e. The maximum absolute atomic E-state index is 13.5. The van der Waals surface area contributed by atoms with Crippen LogP contribution in [0.1, 0.15) is 17.0 Å². The molecular weight excluding hydrogens is 259 g/mol. The highest BCUT2D eigenvalue weighted by atomic mass is 19.1. The lowest BCUT2D eigenvalue weighted by molar-refractivity contribution is -0.123. The first-order valence-corrected chi connectivity index (χ1v) is 6.49. The van der Waals surface area contributed by atoms with Crippen molar-refractivity contribution in [2.75, 3.05) is 0 Å². The highest BCUT2D eigenvalue weighted by Gasteiger charge is 2.25. The third-order valence-electron chi connectivity index (χ3n) is 3.46. The number of nitrogens with zero attached hydrogens (tertiary/aromatic N) is 1. The van der Waals surface area contributed by atoms with Gasteiger partial charge in [-0.25, -0.2) is 9.37 Å². The molecule has 0 saturated carbocycles. The number of rotatable bonds is 3. The van der Waals surface area contributed by atoms with Gasteiger partial charge < -0.3 is 10.3 Å². The van der Waals surface area contributed by atoms with E-state index in [1.807, 2.05) is 0 Å². The van der Waals surface area contributed by atoms with E-state index in [2.05, 4.69) is 20.6 Å². The Morgan fingerprint density at radius 1 is 1.45 bits per heavy atom. The highest BCUT2D eigenvalue weighted by Crippen LogP contribution is 2.12. The number of imidazole rings is 1. The first kappa shape index (κ1) is 12.8. The molecule has 1 aromatic carbocycles. The van der Waals surface area contributed by atoms with Crippen LogP contribution in [0.2, 0.25) is 0 Å². The molecule has 2 aromatic rings. The van der Waals surface area contributed by atoms with Crippen LogP contribution >= 0.6 is 0 Å². The van der Waals surface area contributed by atoms with Crippen molar-refractivity contribution in [2.45, 2.75) is 25.6 Å². The summed E-state index contributed by atoms with van der Waals surface area (Å²) in [6, 6.07) is 6.10. The van der Waals surface area contributed by atoms with Gasteiger partial charge in [-0.15, -0.1) is 0 Å². The first-order valence-electron chi connectivity index (χ1n) is 6.49. The molecule has 1 aliphatic rings. The number of H-pyrrole nitrogens is 1. The van der Waals surface area contributed by atoms with E-state index >= 15 is 0 Å². The lowest BCUT2D eigenvalue weighted by Crippen LogP contribution is -2.47. The molecule has 0 fully saturated rings. The number of nitrogens with one attached hydrogen (secondary N) is 3. The molecule has 0 spiro atoms. The number of hydrogen-bond donors (Lipinski definition) is 3. The summed E-state index contributed by atoms with van der Waals surface area (Å²) in [6.07, 6.45) is 2.17. The SMILES string of the molecule is O=C(NCc1ccccc1F)C1Cc2nc[nH]c2CN1. The molecule has 3 N–H and O–H groups in total. The van der Waals surface area contributed by atoms with E-state index in [1.165, 1.54) is 6.07 Å². The zero-order valence-corrected chi connectivity index (χ0v) is 10.8. The minimum atomic E-state index is -0.322. The van der Waals surface area contributed by atoms with Gasteiger partial charge in [0.1, 0.15) is 5.82 Å². The molecular formula is C14H15FN4O. The Labute approximate surface area is 115 Å². The Hall–Kier alpha value is -2.21. The summed E-state index contributed by atoms with van der Waals surface area (Å²) in [5, 5.41) is 5.89. The van der Waals surface area contributed by atoms with E-state index in [-0.39, 0.29) is 24.3 Å². The summed E-state index contributed by atoms with van der Waals surface area (Å²) in [6.45, 7) is 0.782. The van der Waals surface area contributed by atoms with Crippen LogP contribution in [-0.2, 0) is 24.3 Å². The summed E-state index contributed by atoms with van der Waals surface area (Å²) < 4.78 is 13.5. The van der Waals surface area contributed by atoms with E-state index < -0.39 is 0 Å². The Kier molecular flexibility index (Phi) is 3.47. The Balaban J connectivity index is 1.59. The predicted molar refractivity (Wildman–Crippen MR) is 71.2 cm³/mol. The highest BCUT2D eigenvalue weighted by molar-refractivity contribution is 5.82. The second kappa shape index (κ2) is 5.42. The fourth-order valence-corrected chi connectivity index (χ4v) is 2.30. The number of carbonyl (C=O) groups is 1. The van der Waals surface area contributed by atoms with Crippen LogP contribution in [0.5, 0.6) is 0 Å². The monoisotopic (exact) mass is 274 g/mol. The minimum absolute atomic E-state index is 0.137. The Morgan fingerprint density at radius 2 is 2.30 bits per heavy atom. The zero-order valence-electron chi connectivity index (χ0n) is 10.8. The van der Waals surface area contributed by atoms with Gasteiger partial charge in [0.05, 0.1) is 23.8 Å². The van der Waals surface area contributed by atoms with Crippen LogP contribution in [0.4, 0.5) is 4.39 Å². The largest absolute Gasteiger partial charge is 0.351 e. The third-order valence-corrected chi connectivity index (χ3v) is 3.46. The molecule has 3 rings (SSSR count). The van der Waals surface area contributed by atoms with Crippen LogP contribution in [-0.4, -0.2) is 21.9 Å². The lowest BCUT2D eigenvalue weighted by Gasteiger charge is -2.22.